The van der Waals surface area contributed by atoms with Gasteiger partial charge in [0.05, 0.1) is 11.1 Å². The highest BCUT2D eigenvalue weighted by Crippen LogP contribution is 2.38. The van der Waals surface area contributed by atoms with Crippen molar-refractivity contribution in [3.63, 3.8) is 0 Å². The van der Waals surface area contributed by atoms with Gasteiger partial charge in [-0.3, -0.25) is 4.79 Å². The molecule has 5 rings (SSSR count). The molecule has 164 valence electrons. The van der Waals surface area contributed by atoms with Crippen LogP contribution in [0, 0.1) is 6.92 Å². The standard InChI is InChI=1S/C27H20ClNO4/c1-3-29-15-18(21-9-4-5-10-22(21)29)13-24-26(30)25-16(2)11-20(14-23(25)33-24)32-27(31)17-7-6-8-19(28)12-17/h4-15H,3H2,1-2H3/b24-13-. The number of nitrogens with zero attached hydrogens (tertiary/aromatic N) is 1. The molecule has 0 fully saturated rings. The third-order valence-corrected chi connectivity index (χ3v) is 5.90. The third kappa shape index (κ3) is 3.81. The maximum Gasteiger partial charge on any atom is 0.343 e. The Bertz CT molecular complexity index is 1460. The van der Waals surface area contributed by atoms with E-state index in [4.69, 9.17) is 21.1 Å². The van der Waals surface area contributed by atoms with Crippen LogP contribution < -0.4 is 9.47 Å². The number of allylic oxidation sites excluding steroid dienone is 1. The molecule has 0 N–H and O–H groups in total. The van der Waals surface area contributed by atoms with Crippen molar-refractivity contribution < 1.29 is 19.1 Å². The highest BCUT2D eigenvalue weighted by molar-refractivity contribution is 6.30. The molecular weight excluding hydrogens is 438 g/mol. The SMILES string of the molecule is CCn1cc(/C=C2\Oc3cc(OC(=O)c4cccc(Cl)c4)cc(C)c3C2=O)c2ccccc21. The van der Waals surface area contributed by atoms with Crippen molar-refractivity contribution >= 4 is 40.3 Å². The third-order valence-electron chi connectivity index (χ3n) is 5.66. The molecule has 1 aliphatic heterocycles. The zero-order chi connectivity index (χ0) is 23.1. The second-order valence-electron chi connectivity index (χ2n) is 7.84. The Morgan fingerprint density at radius 2 is 1.94 bits per heavy atom. The van der Waals surface area contributed by atoms with Crippen LogP contribution in [-0.4, -0.2) is 16.3 Å². The first-order valence-electron chi connectivity index (χ1n) is 10.6. The predicted octanol–water partition coefficient (Wildman–Crippen LogP) is 6.46. The second kappa shape index (κ2) is 8.26. The van der Waals surface area contributed by atoms with Gasteiger partial charge in [0.1, 0.15) is 11.5 Å². The molecule has 0 saturated carbocycles. The van der Waals surface area contributed by atoms with Gasteiger partial charge in [-0.25, -0.2) is 4.79 Å². The smallest absolute Gasteiger partial charge is 0.343 e. The number of benzene rings is 3. The van der Waals surface area contributed by atoms with E-state index in [1.807, 2.05) is 24.4 Å². The van der Waals surface area contributed by atoms with Crippen LogP contribution in [0.5, 0.6) is 11.5 Å². The van der Waals surface area contributed by atoms with E-state index in [1.165, 1.54) is 6.07 Å². The number of aryl methyl sites for hydroxylation is 2. The Labute approximate surface area is 195 Å². The summed E-state index contributed by atoms with van der Waals surface area (Å²) in [4.78, 5) is 25.6. The van der Waals surface area contributed by atoms with E-state index in [0.29, 0.717) is 33.2 Å². The molecule has 0 spiro atoms. The highest BCUT2D eigenvalue weighted by atomic mass is 35.5. The molecule has 6 heteroatoms. The molecule has 0 amide bonds. The molecule has 1 aromatic heterocycles. The normalized spacial score (nSPS) is 13.9. The molecule has 0 unspecified atom stereocenters. The van der Waals surface area contributed by atoms with Gasteiger partial charge < -0.3 is 14.0 Å². The number of rotatable bonds is 4. The maximum atomic E-state index is 13.1. The fraction of sp³-hybridized carbons (Fsp3) is 0.111. The van der Waals surface area contributed by atoms with E-state index in [1.54, 1.807) is 43.3 Å². The molecule has 0 saturated heterocycles. The quantitative estimate of drug-likeness (QED) is 0.200. The van der Waals surface area contributed by atoms with Crippen LogP contribution in [0.1, 0.15) is 38.8 Å². The molecule has 0 aliphatic carbocycles. The lowest BCUT2D eigenvalue weighted by Crippen LogP contribution is -2.08. The Kier molecular flexibility index (Phi) is 5.27. The van der Waals surface area contributed by atoms with Crippen LogP contribution in [0.2, 0.25) is 5.02 Å². The van der Waals surface area contributed by atoms with E-state index >= 15 is 0 Å². The average molecular weight is 458 g/mol. The molecular formula is C27H20ClNO4. The summed E-state index contributed by atoms with van der Waals surface area (Å²) in [5, 5.41) is 1.50. The van der Waals surface area contributed by atoms with E-state index < -0.39 is 5.97 Å². The van der Waals surface area contributed by atoms with Gasteiger partial charge in [-0.15, -0.1) is 0 Å². The summed E-state index contributed by atoms with van der Waals surface area (Å²) in [6, 6.07) is 17.8. The summed E-state index contributed by atoms with van der Waals surface area (Å²) in [6.45, 7) is 4.69. The number of carbonyl (C=O) groups is 2. The first-order chi connectivity index (χ1) is 15.9. The van der Waals surface area contributed by atoms with E-state index in [-0.39, 0.29) is 11.5 Å². The first-order valence-corrected chi connectivity index (χ1v) is 11.0. The first kappa shape index (κ1) is 21.0. The number of para-hydroxylation sites is 1. The summed E-state index contributed by atoms with van der Waals surface area (Å²) in [5.74, 6) is 0.186. The largest absolute Gasteiger partial charge is 0.452 e. The Morgan fingerprint density at radius 3 is 2.73 bits per heavy atom. The Morgan fingerprint density at radius 1 is 1.12 bits per heavy atom. The number of halogens is 1. The molecule has 1 aliphatic rings. The number of ether oxygens (including phenoxy) is 2. The summed E-state index contributed by atoms with van der Waals surface area (Å²) < 4.78 is 13.6. The van der Waals surface area contributed by atoms with Gasteiger partial charge in [0, 0.05) is 40.3 Å². The number of fused-ring (bicyclic) bond motifs is 2. The van der Waals surface area contributed by atoms with Gasteiger partial charge in [0.25, 0.3) is 0 Å². The summed E-state index contributed by atoms with van der Waals surface area (Å²) in [6.07, 6.45) is 3.79. The van der Waals surface area contributed by atoms with Crippen LogP contribution in [0.4, 0.5) is 0 Å². The fourth-order valence-electron chi connectivity index (χ4n) is 4.11. The van der Waals surface area contributed by atoms with Crippen molar-refractivity contribution in [1.29, 1.82) is 0 Å². The van der Waals surface area contributed by atoms with Gasteiger partial charge in [-0.1, -0.05) is 35.9 Å². The molecule has 0 radical (unpaired) electrons. The zero-order valence-electron chi connectivity index (χ0n) is 18.1. The summed E-state index contributed by atoms with van der Waals surface area (Å²) >= 11 is 5.97. The minimum Gasteiger partial charge on any atom is -0.452 e. The molecule has 4 aromatic rings. The average Bonchev–Trinajstić information content (AvgIpc) is 3.31. The summed E-state index contributed by atoms with van der Waals surface area (Å²) in [5.41, 5.74) is 3.49. The molecule has 3 aromatic carbocycles. The molecule has 5 nitrogen and oxygen atoms in total. The minimum absolute atomic E-state index is 0.191. The van der Waals surface area contributed by atoms with Gasteiger partial charge in [-0.2, -0.15) is 0 Å². The van der Waals surface area contributed by atoms with Gasteiger partial charge in [0.15, 0.2) is 5.76 Å². The number of carbonyl (C=O) groups excluding carboxylic acids is 2. The van der Waals surface area contributed by atoms with Crippen LogP contribution in [0.25, 0.3) is 17.0 Å². The van der Waals surface area contributed by atoms with Crippen LogP contribution in [-0.2, 0) is 6.54 Å². The number of esters is 1. The Balaban J connectivity index is 1.47. The van der Waals surface area contributed by atoms with Crippen molar-refractivity contribution in [1.82, 2.24) is 4.57 Å². The molecule has 33 heavy (non-hydrogen) atoms. The lowest BCUT2D eigenvalue weighted by atomic mass is 10.0. The van der Waals surface area contributed by atoms with Gasteiger partial charge in [0.2, 0.25) is 5.78 Å². The van der Waals surface area contributed by atoms with Crippen LogP contribution >= 0.6 is 11.6 Å². The van der Waals surface area contributed by atoms with Crippen LogP contribution in [0.3, 0.4) is 0 Å². The number of hydrogen-bond acceptors (Lipinski definition) is 4. The maximum absolute atomic E-state index is 13.1. The lowest BCUT2D eigenvalue weighted by molar-refractivity contribution is 0.0734. The predicted molar refractivity (Wildman–Crippen MR) is 128 cm³/mol. The number of aromatic nitrogens is 1. The molecule has 0 bridgehead atoms. The number of Topliss-reactive ketones (excluding diaryl/α,β-unsaturated/α-hetero) is 1. The van der Waals surface area contributed by atoms with E-state index in [0.717, 1.165) is 23.0 Å². The zero-order valence-corrected chi connectivity index (χ0v) is 18.8. The van der Waals surface area contributed by atoms with Gasteiger partial charge in [-0.05, 0) is 55.8 Å². The van der Waals surface area contributed by atoms with Crippen molar-refractivity contribution in [2.75, 3.05) is 0 Å². The van der Waals surface area contributed by atoms with Crippen molar-refractivity contribution in [2.45, 2.75) is 20.4 Å². The van der Waals surface area contributed by atoms with Crippen molar-refractivity contribution in [2.24, 2.45) is 0 Å². The summed E-state index contributed by atoms with van der Waals surface area (Å²) in [7, 11) is 0. The van der Waals surface area contributed by atoms with Crippen LogP contribution in [0.15, 0.2) is 72.6 Å². The number of ketones is 1. The second-order valence-corrected chi connectivity index (χ2v) is 8.28. The minimum atomic E-state index is -0.538. The van der Waals surface area contributed by atoms with Crippen molar-refractivity contribution in [3.8, 4) is 11.5 Å². The number of hydrogen-bond donors (Lipinski definition) is 0. The topological polar surface area (TPSA) is 57.5 Å². The van der Waals surface area contributed by atoms with E-state index in [2.05, 4.69) is 17.6 Å². The molecule has 2 heterocycles. The van der Waals surface area contributed by atoms with Crippen molar-refractivity contribution in [3.05, 3.63) is 99.9 Å². The molecule has 0 atom stereocenters. The fourth-order valence-corrected chi connectivity index (χ4v) is 4.30. The van der Waals surface area contributed by atoms with Gasteiger partial charge >= 0.3 is 5.97 Å². The highest BCUT2D eigenvalue weighted by Gasteiger charge is 2.30. The Hall–Kier alpha value is -3.83. The van der Waals surface area contributed by atoms with E-state index in [9.17, 15) is 9.59 Å². The lowest BCUT2D eigenvalue weighted by Gasteiger charge is -2.08. The monoisotopic (exact) mass is 457 g/mol.